The van der Waals surface area contributed by atoms with E-state index in [1.165, 1.54) is 0 Å². The molecule has 0 bridgehead atoms. The molecule has 80 valence electrons. The van der Waals surface area contributed by atoms with Gasteiger partial charge in [0.2, 0.25) is 0 Å². The number of hydrogen-bond acceptors (Lipinski definition) is 3. The lowest BCUT2D eigenvalue weighted by Crippen LogP contribution is -2.15. The van der Waals surface area contributed by atoms with Crippen LogP contribution < -0.4 is 5.73 Å². The van der Waals surface area contributed by atoms with E-state index < -0.39 is 0 Å². The van der Waals surface area contributed by atoms with E-state index in [2.05, 4.69) is 28.4 Å². The molecule has 2 rings (SSSR count). The standard InChI is InChI=1S/C11H16N4/c1-7(2)15-10(8(3)12)14-9-5-4-6-13-11(9)15/h4-8H,12H2,1-3H3/t8-/m0/s1. The maximum atomic E-state index is 5.91. The zero-order valence-electron chi connectivity index (χ0n) is 9.31. The van der Waals surface area contributed by atoms with Gasteiger partial charge in [-0.1, -0.05) is 0 Å². The first-order chi connectivity index (χ1) is 7.11. The first kappa shape index (κ1) is 10.1. The lowest BCUT2D eigenvalue weighted by atomic mass is 10.3. The molecule has 2 aromatic heterocycles. The summed E-state index contributed by atoms with van der Waals surface area (Å²) in [6, 6.07) is 4.12. The highest BCUT2D eigenvalue weighted by atomic mass is 15.2. The Morgan fingerprint density at radius 2 is 2.07 bits per heavy atom. The highest BCUT2D eigenvalue weighted by Crippen LogP contribution is 2.21. The number of pyridine rings is 1. The Kier molecular flexibility index (Phi) is 2.44. The SMILES string of the molecule is CC(C)n1c([C@H](C)N)nc2cccnc21. The summed E-state index contributed by atoms with van der Waals surface area (Å²) in [5, 5.41) is 0. The first-order valence-electron chi connectivity index (χ1n) is 5.19. The van der Waals surface area contributed by atoms with Crippen LogP contribution in [0, 0.1) is 0 Å². The summed E-state index contributed by atoms with van der Waals surface area (Å²) in [6.07, 6.45) is 1.79. The van der Waals surface area contributed by atoms with Crippen molar-refractivity contribution in [2.24, 2.45) is 5.73 Å². The molecular weight excluding hydrogens is 188 g/mol. The van der Waals surface area contributed by atoms with Crippen LogP contribution in [0.1, 0.15) is 38.7 Å². The van der Waals surface area contributed by atoms with E-state index in [0.29, 0.717) is 6.04 Å². The van der Waals surface area contributed by atoms with Gasteiger partial charge >= 0.3 is 0 Å². The molecular formula is C11H16N4. The zero-order chi connectivity index (χ0) is 11.0. The van der Waals surface area contributed by atoms with Crippen molar-refractivity contribution in [1.29, 1.82) is 0 Å². The normalized spacial score (nSPS) is 13.7. The van der Waals surface area contributed by atoms with Crippen molar-refractivity contribution in [3.05, 3.63) is 24.2 Å². The average Bonchev–Trinajstić information content (AvgIpc) is 2.56. The fourth-order valence-corrected chi connectivity index (χ4v) is 1.78. The summed E-state index contributed by atoms with van der Waals surface area (Å²) >= 11 is 0. The molecule has 0 aliphatic carbocycles. The quantitative estimate of drug-likeness (QED) is 0.814. The van der Waals surface area contributed by atoms with Gasteiger partial charge in [0, 0.05) is 12.2 Å². The van der Waals surface area contributed by atoms with E-state index in [1.807, 2.05) is 19.1 Å². The average molecular weight is 204 g/mol. The molecule has 0 saturated heterocycles. The number of fused-ring (bicyclic) bond motifs is 1. The molecule has 0 aliphatic heterocycles. The second-order valence-corrected chi connectivity index (χ2v) is 4.07. The highest BCUT2D eigenvalue weighted by Gasteiger charge is 2.16. The van der Waals surface area contributed by atoms with Crippen LogP contribution in [-0.2, 0) is 0 Å². The molecule has 0 amide bonds. The first-order valence-corrected chi connectivity index (χ1v) is 5.19. The van der Waals surface area contributed by atoms with Crippen LogP contribution in [0.2, 0.25) is 0 Å². The van der Waals surface area contributed by atoms with Gasteiger partial charge in [-0.25, -0.2) is 9.97 Å². The van der Waals surface area contributed by atoms with Crippen molar-refractivity contribution in [1.82, 2.24) is 14.5 Å². The zero-order valence-corrected chi connectivity index (χ0v) is 9.31. The fraction of sp³-hybridized carbons (Fsp3) is 0.455. The van der Waals surface area contributed by atoms with Gasteiger partial charge in [0.25, 0.3) is 0 Å². The molecule has 2 aromatic rings. The second-order valence-electron chi connectivity index (χ2n) is 4.07. The van der Waals surface area contributed by atoms with Crippen LogP contribution in [0.25, 0.3) is 11.2 Å². The van der Waals surface area contributed by atoms with Crippen molar-refractivity contribution >= 4 is 11.2 Å². The third-order valence-electron chi connectivity index (χ3n) is 2.40. The number of nitrogens with zero attached hydrogens (tertiary/aromatic N) is 3. The van der Waals surface area contributed by atoms with Gasteiger partial charge in [0.05, 0.1) is 6.04 Å². The smallest absolute Gasteiger partial charge is 0.160 e. The Balaban J connectivity index is 2.75. The van der Waals surface area contributed by atoms with E-state index in [1.54, 1.807) is 6.20 Å². The monoisotopic (exact) mass is 204 g/mol. The van der Waals surface area contributed by atoms with Crippen molar-refractivity contribution in [3.63, 3.8) is 0 Å². The summed E-state index contributed by atoms with van der Waals surface area (Å²) in [4.78, 5) is 8.86. The summed E-state index contributed by atoms with van der Waals surface area (Å²) in [5.41, 5.74) is 7.74. The van der Waals surface area contributed by atoms with Gasteiger partial charge < -0.3 is 10.3 Å². The second kappa shape index (κ2) is 3.62. The minimum Gasteiger partial charge on any atom is -0.322 e. The van der Waals surface area contributed by atoms with Gasteiger partial charge in [-0.2, -0.15) is 0 Å². The van der Waals surface area contributed by atoms with Crippen molar-refractivity contribution < 1.29 is 0 Å². The van der Waals surface area contributed by atoms with Crippen LogP contribution in [0.5, 0.6) is 0 Å². The number of hydrogen-bond donors (Lipinski definition) is 1. The van der Waals surface area contributed by atoms with Gasteiger partial charge in [-0.15, -0.1) is 0 Å². The topological polar surface area (TPSA) is 56.7 Å². The van der Waals surface area contributed by atoms with E-state index in [0.717, 1.165) is 17.0 Å². The summed E-state index contributed by atoms with van der Waals surface area (Å²) in [5.74, 6) is 0.902. The number of imidazole rings is 1. The number of rotatable bonds is 2. The Bertz CT molecular complexity index is 470. The Morgan fingerprint density at radius 3 is 2.67 bits per heavy atom. The third-order valence-corrected chi connectivity index (χ3v) is 2.40. The Labute approximate surface area is 89.1 Å². The predicted molar refractivity (Wildman–Crippen MR) is 60.5 cm³/mol. The Morgan fingerprint density at radius 1 is 1.33 bits per heavy atom. The minimum absolute atomic E-state index is 0.0680. The fourth-order valence-electron chi connectivity index (χ4n) is 1.78. The molecule has 2 N–H and O–H groups in total. The summed E-state index contributed by atoms with van der Waals surface area (Å²) in [6.45, 7) is 6.17. The summed E-state index contributed by atoms with van der Waals surface area (Å²) in [7, 11) is 0. The van der Waals surface area contributed by atoms with Crippen LogP contribution in [0.4, 0.5) is 0 Å². The van der Waals surface area contributed by atoms with Gasteiger partial charge in [0.15, 0.2) is 5.65 Å². The van der Waals surface area contributed by atoms with Crippen molar-refractivity contribution in [2.75, 3.05) is 0 Å². The lowest BCUT2D eigenvalue weighted by molar-refractivity contribution is 0.554. The largest absolute Gasteiger partial charge is 0.322 e. The third kappa shape index (κ3) is 1.61. The molecule has 0 fully saturated rings. The van der Waals surface area contributed by atoms with Gasteiger partial charge in [-0.05, 0) is 32.9 Å². The predicted octanol–water partition coefficient (Wildman–Crippen LogP) is 2.03. The van der Waals surface area contributed by atoms with E-state index >= 15 is 0 Å². The van der Waals surface area contributed by atoms with E-state index in [9.17, 15) is 0 Å². The molecule has 0 aromatic carbocycles. The molecule has 0 aliphatic rings. The van der Waals surface area contributed by atoms with Crippen LogP contribution >= 0.6 is 0 Å². The maximum absolute atomic E-state index is 5.91. The molecule has 0 radical (unpaired) electrons. The maximum Gasteiger partial charge on any atom is 0.160 e. The molecule has 4 heteroatoms. The lowest BCUT2D eigenvalue weighted by Gasteiger charge is -2.13. The molecule has 0 unspecified atom stereocenters. The van der Waals surface area contributed by atoms with Gasteiger partial charge in [0.1, 0.15) is 11.3 Å². The highest BCUT2D eigenvalue weighted by molar-refractivity contribution is 5.71. The van der Waals surface area contributed by atoms with Crippen molar-refractivity contribution in [2.45, 2.75) is 32.9 Å². The van der Waals surface area contributed by atoms with Crippen molar-refractivity contribution in [3.8, 4) is 0 Å². The van der Waals surface area contributed by atoms with Crippen LogP contribution in [0.3, 0.4) is 0 Å². The van der Waals surface area contributed by atoms with Gasteiger partial charge in [-0.3, -0.25) is 0 Å². The van der Waals surface area contributed by atoms with E-state index in [-0.39, 0.29) is 6.04 Å². The number of aromatic nitrogens is 3. The minimum atomic E-state index is -0.0680. The summed E-state index contributed by atoms with van der Waals surface area (Å²) < 4.78 is 2.10. The Hall–Kier alpha value is -1.42. The van der Waals surface area contributed by atoms with Crippen LogP contribution in [-0.4, -0.2) is 14.5 Å². The molecule has 4 nitrogen and oxygen atoms in total. The molecule has 0 saturated carbocycles. The molecule has 2 heterocycles. The molecule has 0 spiro atoms. The number of nitrogens with two attached hydrogens (primary N) is 1. The van der Waals surface area contributed by atoms with Crippen LogP contribution in [0.15, 0.2) is 18.3 Å². The molecule has 15 heavy (non-hydrogen) atoms. The van der Waals surface area contributed by atoms with E-state index in [4.69, 9.17) is 5.73 Å². The molecule has 1 atom stereocenters.